The Kier molecular flexibility index (Phi) is 18.2. The van der Waals surface area contributed by atoms with Crippen LogP contribution in [0.1, 0.15) is 97.3 Å². The summed E-state index contributed by atoms with van der Waals surface area (Å²) in [5, 5.41) is 0. The Hall–Kier alpha value is -0.0600. The third-order valence-corrected chi connectivity index (χ3v) is 5.12. The summed E-state index contributed by atoms with van der Waals surface area (Å²) in [6.45, 7) is 4.62. The molecule has 0 saturated carbocycles. The fourth-order valence-corrected chi connectivity index (χ4v) is 3.30. The van der Waals surface area contributed by atoms with Gasteiger partial charge in [-0.25, -0.2) is 0 Å². The first-order valence-electron chi connectivity index (χ1n) is 9.65. The molecule has 1 atom stereocenters. The van der Waals surface area contributed by atoms with E-state index >= 15 is 0 Å². The predicted octanol–water partition coefficient (Wildman–Crippen LogP) is 7.00. The van der Waals surface area contributed by atoms with E-state index in [0.717, 1.165) is 16.8 Å². The monoisotopic (exact) mass is 436 g/mol. The number of hydrogen-bond donors (Lipinski definition) is 0. The Morgan fingerprint density at radius 2 is 1.65 bits per heavy atom. The number of hydrogen-bond acceptors (Lipinski definition) is 2. The van der Waals surface area contributed by atoms with E-state index in [4.69, 9.17) is 4.74 Å². The van der Waals surface area contributed by atoms with Gasteiger partial charge in [0.2, 0.25) is 0 Å². The van der Waals surface area contributed by atoms with Gasteiger partial charge in [-0.05, 0) is 39.0 Å². The normalized spacial score (nSPS) is 12.7. The van der Waals surface area contributed by atoms with Crippen LogP contribution in [0.4, 0.5) is 0 Å². The topological polar surface area (TPSA) is 26.3 Å². The molecule has 0 fully saturated rings. The molecule has 0 aromatic rings. The van der Waals surface area contributed by atoms with Crippen LogP contribution >= 0.6 is 22.6 Å². The van der Waals surface area contributed by atoms with Crippen molar-refractivity contribution in [2.24, 2.45) is 0 Å². The molecule has 0 aliphatic carbocycles. The van der Waals surface area contributed by atoms with Crippen LogP contribution in [0.3, 0.4) is 0 Å². The van der Waals surface area contributed by atoms with Gasteiger partial charge in [0.15, 0.2) is 0 Å². The van der Waals surface area contributed by atoms with Crippen molar-refractivity contribution in [2.45, 2.75) is 101 Å². The van der Waals surface area contributed by atoms with E-state index in [0.29, 0.717) is 13.0 Å². The molecule has 0 aliphatic rings. The highest BCUT2D eigenvalue weighted by molar-refractivity contribution is 14.1. The van der Waals surface area contributed by atoms with Crippen molar-refractivity contribution >= 4 is 28.6 Å². The van der Waals surface area contributed by atoms with Gasteiger partial charge in [0, 0.05) is 10.3 Å². The maximum absolute atomic E-state index is 11.2. The second-order valence-corrected chi connectivity index (χ2v) is 8.03. The van der Waals surface area contributed by atoms with Crippen molar-refractivity contribution < 1.29 is 9.53 Å². The predicted molar refractivity (Wildman–Crippen MR) is 109 cm³/mol. The van der Waals surface area contributed by atoms with E-state index in [9.17, 15) is 4.79 Å². The molecular formula is C20H37IO2. The van der Waals surface area contributed by atoms with Crippen molar-refractivity contribution in [2.75, 3.05) is 6.61 Å². The van der Waals surface area contributed by atoms with Crippen LogP contribution in [-0.2, 0) is 9.53 Å². The minimum Gasteiger partial charge on any atom is -0.466 e. The highest BCUT2D eigenvalue weighted by Crippen LogP contribution is 2.17. The van der Waals surface area contributed by atoms with Crippen molar-refractivity contribution in [1.82, 2.24) is 0 Å². The summed E-state index contributed by atoms with van der Waals surface area (Å²) in [7, 11) is 0. The molecule has 0 heterocycles. The Morgan fingerprint density at radius 1 is 0.957 bits per heavy atom. The molecule has 0 radical (unpaired) electrons. The molecule has 0 spiro atoms. The summed E-state index contributed by atoms with van der Waals surface area (Å²) in [6, 6.07) is 0. The van der Waals surface area contributed by atoms with Crippen molar-refractivity contribution in [3.63, 3.8) is 0 Å². The van der Waals surface area contributed by atoms with Crippen molar-refractivity contribution in [3.8, 4) is 0 Å². The SMILES string of the molecule is CCCCC/C=C\CC(I)CCCCCCCCC(=O)OCC. The summed E-state index contributed by atoms with van der Waals surface area (Å²) >= 11 is 2.60. The minimum atomic E-state index is -0.0389. The zero-order valence-corrected chi connectivity index (χ0v) is 17.5. The lowest BCUT2D eigenvalue weighted by molar-refractivity contribution is -0.143. The van der Waals surface area contributed by atoms with Crippen LogP contribution in [-0.4, -0.2) is 16.5 Å². The van der Waals surface area contributed by atoms with Gasteiger partial charge >= 0.3 is 5.97 Å². The van der Waals surface area contributed by atoms with E-state index in [1.807, 2.05) is 6.92 Å². The minimum absolute atomic E-state index is 0.0389. The Morgan fingerprint density at radius 3 is 2.35 bits per heavy atom. The molecule has 1 unspecified atom stereocenters. The summed E-state index contributed by atoms with van der Waals surface area (Å²) in [4.78, 5) is 11.2. The number of alkyl halides is 1. The van der Waals surface area contributed by atoms with Gasteiger partial charge in [-0.15, -0.1) is 0 Å². The Bertz CT molecular complexity index is 289. The average Bonchev–Trinajstić information content (AvgIpc) is 2.53. The number of rotatable bonds is 16. The first-order valence-corrected chi connectivity index (χ1v) is 10.9. The average molecular weight is 436 g/mol. The summed E-state index contributed by atoms with van der Waals surface area (Å²) < 4.78 is 5.72. The van der Waals surface area contributed by atoms with Gasteiger partial charge < -0.3 is 4.74 Å². The van der Waals surface area contributed by atoms with E-state index in [1.54, 1.807) is 0 Å². The fourth-order valence-electron chi connectivity index (χ4n) is 2.57. The molecule has 0 rings (SSSR count). The lowest BCUT2D eigenvalue weighted by atomic mass is 10.1. The number of ether oxygens (including phenoxy) is 1. The smallest absolute Gasteiger partial charge is 0.305 e. The molecular weight excluding hydrogens is 399 g/mol. The molecule has 136 valence electrons. The first-order chi connectivity index (χ1) is 11.2. The number of halogens is 1. The van der Waals surface area contributed by atoms with Crippen LogP contribution in [0.15, 0.2) is 12.2 Å². The van der Waals surface area contributed by atoms with Crippen LogP contribution in [0.25, 0.3) is 0 Å². The lowest BCUT2D eigenvalue weighted by Crippen LogP contribution is -2.03. The zero-order chi connectivity index (χ0) is 17.2. The fraction of sp³-hybridized carbons (Fsp3) is 0.850. The number of unbranched alkanes of at least 4 members (excludes halogenated alkanes) is 8. The van der Waals surface area contributed by atoms with E-state index in [1.165, 1.54) is 64.2 Å². The quantitative estimate of drug-likeness (QED) is 0.0856. The summed E-state index contributed by atoms with van der Waals surface area (Å²) in [6.07, 6.45) is 20.5. The van der Waals surface area contributed by atoms with E-state index in [-0.39, 0.29) is 5.97 Å². The molecule has 0 N–H and O–H groups in total. The van der Waals surface area contributed by atoms with Crippen LogP contribution in [0, 0.1) is 0 Å². The van der Waals surface area contributed by atoms with Gasteiger partial charge in [0.1, 0.15) is 0 Å². The molecule has 23 heavy (non-hydrogen) atoms. The third kappa shape index (κ3) is 18.1. The van der Waals surface area contributed by atoms with Gasteiger partial charge in [-0.3, -0.25) is 4.79 Å². The number of carbonyl (C=O) groups is 1. The third-order valence-electron chi connectivity index (χ3n) is 3.99. The summed E-state index contributed by atoms with van der Waals surface area (Å²) in [5.41, 5.74) is 0. The second-order valence-electron chi connectivity index (χ2n) is 6.27. The molecule has 0 saturated heterocycles. The molecule has 0 aliphatic heterocycles. The molecule has 0 aromatic heterocycles. The van der Waals surface area contributed by atoms with Crippen LogP contribution in [0.5, 0.6) is 0 Å². The van der Waals surface area contributed by atoms with Crippen molar-refractivity contribution in [1.29, 1.82) is 0 Å². The number of carbonyl (C=O) groups excluding carboxylic acids is 1. The first kappa shape index (κ1) is 22.9. The maximum atomic E-state index is 11.2. The van der Waals surface area contributed by atoms with Crippen LogP contribution < -0.4 is 0 Å². The molecule has 0 bridgehead atoms. The highest BCUT2D eigenvalue weighted by atomic mass is 127. The van der Waals surface area contributed by atoms with Gasteiger partial charge in [-0.1, -0.05) is 86.6 Å². The van der Waals surface area contributed by atoms with Gasteiger partial charge in [0.25, 0.3) is 0 Å². The number of esters is 1. The standard InChI is InChI=1S/C20H37IO2/c1-3-5-6-7-10-13-16-19(21)17-14-11-8-9-12-15-18-20(22)23-4-2/h10,13,19H,3-9,11-12,14-18H2,1-2H3/b13-10-. The Labute approximate surface area is 158 Å². The van der Waals surface area contributed by atoms with Gasteiger partial charge in [0.05, 0.1) is 6.61 Å². The number of allylic oxidation sites excluding steroid dienone is 2. The largest absolute Gasteiger partial charge is 0.466 e. The molecule has 2 nitrogen and oxygen atoms in total. The highest BCUT2D eigenvalue weighted by Gasteiger charge is 2.02. The second kappa shape index (κ2) is 18.3. The van der Waals surface area contributed by atoms with Gasteiger partial charge in [-0.2, -0.15) is 0 Å². The molecule has 0 aromatic carbocycles. The molecule has 0 amide bonds. The zero-order valence-electron chi connectivity index (χ0n) is 15.3. The van der Waals surface area contributed by atoms with Crippen LogP contribution in [0.2, 0.25) is 0 Å². The van der Waals surface area contributed by atoms with E-state index < -0.39 is 0 Å². The summed E-state index contributed by atoms with van der Waals surface area (Å²) in [5.74, 6) is -0.0389. The van der Waals surface area contributed by atoms with Crippen molar-refractivity contribution in [3.05, 3.63) is 12.2 Å². The Balaban J connectivity index is 3.29. The molecule has 3 heteroatoms. The maximum Gasteiger partial charge on any atom is 0.305 e. The van der Waals surface area contributed by atoms with E-state index in [2.05, 4.69) is 41.7 Å². The lowest BCUT2D eigenvalue weighted by Gasteiger charge is -2.07.